The molecule has 18 heavy (non-hydrogen) atoms. The van der Waals surface area contributed by atoms with E-state index in [0.29, 0.717) is 12.4 Å². The average Bonchev–Trinajstić information content (AvgIpc) is 2.76. The van der Waals surface area contributed by atoms with Crippen molar-refractivity contribution in [1.29, 1.82) is 0 Å². The van der Waals surface area contributed by atoms with Gasteiger partial charge in [-0.25, -0.2) is 4.39 Å². The van der Waals surface area contributed by atoms with E-state index in [-0.39, 0.29) is 23.6 Å². The smallest absolute Gasteiger partial charge is 0.212 e. The SMILES string of the molecule is CCOc1c(CO)noc1-c1cc(C)ccc1F. The van der Waals surface area contributed by atoms with E-state index in [9.17, 15) is 4.39 Å². The Kier molecular flexibility index (Phi) is 3.62. The molecule has 0 amide bonds. The maximum Gasteiger partial charge on any atom is 0.212 e. The summed E-state index contributed by atoms with van der Waals surface area (Å²) in [5.41, 5.74) is 1.45. The Morgan fingerprint density at radius 3 is 2.89 bits per heavy atom. The zero-order valence-corrected chi connectivity index (χ0v) is 10.2. The summed E-state index contributed by atoms with van der Waals surface area (Å²) in [6, 6.07) is 4.68. The van der Waals surface area contributed by atoms with Crippen LogP contribution in [0.1, 0.15) is 18.2 Å². The molecule has 96 valence electrons. The van der Waals surface area contributed by atoms with Crippen molar-refractivity contribution < 1.29 is 18.8 Å². The molecule has 0 saturated heterocycles. The molecule has 2 aromatic rings. The topological polar surface area (TPSA) is 55.5 Å². The maximum atomic E-state index is 13.8. The van der Waals surface area contributed by atoms with Crippen LogP contribution in [0.15, 0.2) is 22.7 Å². The Balaban J connectivity index is 2.56. The van der Waals surface area contributed by atoms with Gasteiger partial charge < -0.3 is 14.4 Å². The first-order chi connectivity index (χ1) is 8.67. The van der Waals surface area contributed by atoms with Gasteiger partial charge in [0.1, 0.15) is 5.82 Å². The fraction of sp³-hybridized carbons (Fsp3) is 0.308. The molecule has 1 N–H and O–H groups in total. The Hall–Kier alpha value is -1.88. The normalized spacial score (nSPS) is 10.7. The number of rotatable bonds is 4. The van der Waals surface area contributed by atoms with Crippen LogP contribution >= 0.6 is 0 Å². The number of ether oxygens (including phenoxy) is 1. The first-order valence-electron chi connectivity index (χ1n) is 5.66. The van der Waals surface area contributed by atoms with E-state index < -0.39 is 5.82 Å². The molecule has 0 unspecified atom stereocenters. The summed E-state index contributed by atoms with van der Waals surface area (Å²) in [5.74, 6) is 0.0915. The molecule has 0 aliphatic rings. The fourth-order valence-corrected chi connectivity index (χ4v) is 1.69. The highest BCUT2D eigenvalue weighted by atomic mass is 19.1. The van der Waals surface area contributed by atoms with E-state index >= 15 is 0 Å². The Morgan fingerprint density at radius 2 is 2.22 bits per heavy atom. The molecule has 0 aliphatic carbocycles. The molecule has 1 aromatic carbocycles. The lowest BCUT2D eigenvalue weighted by molar-refractivity contribution is 0.258. The summed E-state index contributed by atoms with van der Waals surface area (Å²) in [7, 11) is 0. The van der Waals surface area contributed by atoms with Gasteiger partial charge in [-0.1, -0.05) is 16.8 Å². The number of aromatic nitrogens is 1. The summed E-state index contributed by atoms with van der Waals surface area (Å²) in [4.78, 5) is 0. The van der Waals surface area contributed by atoms with Crippen molar-refractivity contribution in [2.75, 3.05) is 6.61 Å². The number of nitrogens with zero attached hydrogens (tertiary/aromatic N) is 1. The van der Waals surface area contributed by atoms with Gasteiger partial charge in [0.2, 0.25) is 5.76 Å². The highest BCUT2D eigenvalue weighted by Crippen LogP contribution is 2.35. The summed E-state index contributed by atoms with van der Waals surface area (Å²) >= 11 is 0. The second kappa shape index (κ2) is 5.18. The first-order valence-corrected chi connectivity index (χ1v) is 5.66. The maximum absolute atomic E-state index is 13.8. The minimum atomic E-state index is -0.415. The van der Waals surface area contributed by atoms with Crippen LogP contribution < -0.4 is 4.74 Å². The predicted molar refractivity (Wildman–Crippen MR) is 63.7 cm³/mol. The summed E-state index contributed by atoms with van der Waals surface area (Å²) in [6.07, 6.45) is 0. The minimum absolute atomic E-state index is 0.210. The predicted octanol–water partition coefficient (Wildman–Crippen LogP) is 2.68. The van der Waals surface area contributed by atoms with E-state index in [1.165, 1.54) is 6.07 Å². The molecule has 0 fully saturated rings. The largest absolute Gasteiger partial charge is 0.488 e. The molecule has 0 bridgehead atoms. The van der Waals surface area contributed by atoms with Gasteiger partial charge in [0, 0.05) is 0 Å². The van der Waals surface area contributed by atoms with Gasteiger partial charge in [-0.05, 0) is 26.0 Å². The zero-order chi connectivity index (χ0) is 13.1. The Labute approximate surface area is 104 Å². The third kappa shape index (κ3) is 2.22. The number of benzene rings is 1. The average molecular weight is 251 g/mol. The van der Waals surface area contributed by atoms with Gasteiger partial charge in [0.05, 0.1) is 18.8 Å². The second-order valence-corrected chi connectivity index (χ2v) is 3.86. The minimum Gasteiger partial charge on any atom is -0.488 e. The van der Waals surface area contributed by atoms with Gasteiger partial charge >= 0.3 is 0 Å². The van der Waals surface area contributed by atoms with Gasteiger partial charge in [-0.15, -0.1) is 0 Å². The van der Waals surface area contributed by atoms with Crippen molar-refractivity contribution in [3.63, 3.8) is 0 Å². The molecule has 0 radical (unpaired) electrons. The molecular weight excluding hydrogens is 237 g/mol. The van der Waals surface area contributed by atoms with Crippen molar-refractivity contribution in [1.82, 2.24) is 5.16 Å². The molecule has 5 heteroatoms. The van der Waals surface area contributed by atoms with Crippen molar-refractivity contribution >= 4 is 0 Å². The Bertz CT molecular complexity index is 551. The van der Waals surface area contributed by atoms with Crippen LogP contribution in [0.4, 0.5) is 4.39 Å². The lowest BCUT2D eigenvalue weighted by Crippen LogP contribution is -1.96. The van der Waals surface area contributed by atoms with Crippen LogP contribution in [0.5, 0.6) is 5.75 Å². The number of hydrogen-bond acceptors (Lipinski definition) is 4. The van der Waals surface area contributed by atoms with Crippen LogP contribution in [0.25, 0.3) is 11.3 Å². The quantitative estimate of drug-likeness (QED) is 0.907. The van der Waals surface area contributed by atoms with Gasteiger partial charge in [-0.2, -0.15) is 0 Å². The zero-order valence-electron chi connectivity index (χ0n) is 10.2. The number of aryl methyl sites for hydroxylation is 1. The van der Waals surface area contributed by atoms with Crippen molar-refractivity contribution in [2.24, 2.45) is 0 Å². The number of hydrogen-bond donors (Lipinski definition) is 1. The fourth-order valence-electron chi connectivity index (χ4n) is 1.69. The lowest BCUT2D eigenvalue weighted by atomic mass is 10.1. The number of aliphatic hydroxyl groups is 1. The third-order valence-corrected chi connectivity index (χ3v) is 2.52. The van der Waals surface area contributed by atoms with Gasteiger partial charge in [0.25, 0.3) is 0 Å². The van der Waals surface area contributed by atoms with Crippen LogP contribution in [-0.4, -0.2) is 16.9 Å². The molecule has 0 spiro atoms. The monoisotopic (exact) mass is 251 g/mol. The van der Waals surface area contributed by atoms with Crippen molar-refractivity contribution in [2.45, 2.75) is 20.5 Å². The van der Waals surface area contributed by atoms with E-state index in [4.69, 9.17) is 14.4 Å². The number of halogens is 1. The van der Waals surface area contributed by atoms with Crippen LogP contribution in [-0.2, 0) is 6.61 Å². The van der Waals surface area contributed by atoms with Gasteiger partial charge in [-0.3, -0.25) is 0 Å². The highest BCUT2D eigenvalue weighted by Gasteiger charge is 2.21. The molecule has 4 nitrogen and oxygen atoms in total. The third-order valence-electron chi connectivity index (χ3n) is 2.52. The van der Waals surface area contributed by atoms with Crippen molar-refractivity contribution in [3.8, 4) is 17.1 Å². The van der Waals surface area contributed by atoms with E-state index in [1.54, 1.807) is 19.1 Å². The highest BCUT2D eigenvalue weighted by molar-refractivity contribution is 5.66. The second-order valence-electron chi connectivity index (χ2n) is 3.86. The molecule has 1 aromatic heterocycles. The van der Waals surface area contributed by atoms with E-state index in [2.05, 4.69) is 5.16 Å². The van der Waals surface area contributed by atoms with Crippen molar-refractivity contribution in [3.05, 3.63) is 35.3 Å². The van der Waals surface area contributed by atoms with Crippen LogP contribution in [0, 0.1) is 12.7 Å². The molecular formula is C13H14FNO3. The van der Waals surface area contributed by atoms with Crippen LogP contribution in [0.2, 0.25) is 0 Å². The first kappa shape index (κ1) is 12.6. The van der Waals surface area contributed by atoms with Crippen LogP contribution in [0.3, 0.4) is 0 Å². The van der Waals surface area contributed by atoms with Gasteiger partial charge in [0.15, 0.2) is 11.4 Å². The standard InChI is InChI=1S/C13H14FNO3/c1-3-17-13-11(7-16)15-18-12(13)9-6-8(2)4-5-10(9)14/h4-6,16H,3,7H2,1-2H3. The molecule has 0 saturated carbocycles. The number of aliphatic hydroxyl groups excluding tert-OH is 1. The molecule has 0 atom stereocenters. The van der Waals surface area contributed by atoms with E-state index in [1.807, 2.05) is 6.92 Å². The summed E-state index contributed by atoms with van der Waals surface area (Å²) in [6.45, 7) is 3.72. The lowest BCUT2D eigenvalue weighted by Gasteiger charge is -2.05. The van der Waals surface area contributed by atoms with E-state index in [0.717, 1.165) is 5.56 Å². The molecule has 2 rings (SSSR count). The molecule has 1 heterocycles. The molecule has 0 aliphatic heterocycles. The summed E-state index contributed by atoms with van der Waals surface area (Å²) in [5, 5.41) is 12.8. The summed E-state index contributed by atoms with van der Waals surface area (Å²) < 4.78 is 24.2. The Morgan fingerprint density at radius 1 is 1.44 bits per heavy atom.